The van der Waals surface area contributed by atoms with Crippen LogP contribution in [-0.4, -0.2) is 57.2 Å². The number of hydrogen-bond acceptors (Lipinski definition) is 6. The average molecular weight is 571 g/mol. The van der Waals surface area contributed by atoms with Crippen molar-refractivity contribution in [3.05, 3.63) is 102 Å². The molecule has 0 aromatic heterocycles. The number of benzene rings is 4. The van der Waals surface area contributed by atoms with Crippen LogP contribution < -0.4 is 29.7 Å². The maximum atomic E-state index is 13.4. The maximum absolute atomic E-state index is 13.4. The number of piperazine rings is 1. The van der Waals surface area contributed by atoms with Crippen molar-refractivity contribution < 1.29 is 28.2 Å². The van der Waals surface area contributed by atoms with Gasteiger partial charge in [-0.2, -0.15) is 0 Å². The van der Waals surface area contributed by atoms with Crippen LogP contribution in [-0.2, 0) is 0 Å². The van der Waals surface area contributed by atoms with Gasteiger partial charge in [-0.3, -0.25) is 4.79 Å². The molecule has 4 aromatic carbocycles. The van der Waals surface area contributed by atoms with Crippen molar-refractivity contribution in [1.82, 2.24) is 10.2 Å². The van der Waals surface area contributed by atoms with Crippen molar-refractivity contribution in [2.45, 2.75) is 0 Å². The number of carbonyl (C=O) groups is 2. The molecule has 0 aliphatic carbocycles. The van der Waals surface area contributed by atoms with Crippen molar-refractivity contribution in [3.63, 3.8) is 0 Å². The molecule has 0 radical (unpaired) electrons. The normalized spacial score (nSPS) is 12.8. The number of halogens is 1. The van der Waals surface area contributed by atoms with Crippen LogP contribution in [0.15, 0.2) is 91.0 Å². The van der Waals surface area contributed by atoms with Gasteiger partial charge in [0.25, 0.3) is 5.91 Å². The van der Waals surface area contributed by atoms with E-state index in [-0.39, 0.29) is 17.8 Å². The highest BCUT2D eigenvalue weighted by molar-refractivity contribution is 5.94. The summed E-state index contributed by atoms with van der Waals surface area (Å²) in [5.41, 5.74) is 2.01. The van der Waals surface area contributed by atoms with Gasteiger partial charge in [-0.05, 0) is 60.7 Å². The quantitative estimate of drug-likeness (QED) is 0.265. The van der Waals surface area contributed by atoms with E-state index in [1.54, 1.807) is 61.5 Å². The van der Waals surface area contributed by atoms with Crippen LogP contribution >= 0.6 is 0 Å². The van der Waals surface area contributed by atoms with Gasteiger partial charge in [0.2, 0.25) is 0 Å². The summed E-state index contributed by atoms with van der Waals surface area (Å²) >= 11 is 0. The lowest BCUT2D eigenvalue weighted by atomic mass is 10.2. The largest absolute Gasteiger partial charge is 0.497 e. The fraction of sp³-hybridized carbons (Fsp3) is 0.188. The first kappa shape index (κ1) is 28.3. The third kappa shape index (κ3) is 7.08. The highest BCUT2D eigenvalue weighted by atomic mass is 19.1. The lowest BCUT2D eigenvalue weighted by Gasteiger charge is -2.36. The minimum Gasteiger partial charge on any atom is -0.497 e. The van der Waals surface area contributed by atoms with Gasteiger partial charge in [-0.25, -0.2) is 9.18 Å². The van der Waals surface area contributed by atoms with Crippen LogP contribution in [0.5, 0.6) is 28.7 Å². The van der Waals surface area contributed by atoms with Crippen LogP contribution in [0, 0.1) is 5.82 Å². The van der Waals surface area contributed by atoms with E-state index in [0.29, 0.717) is 60.4 Å². The molecule has 4 aromatic rings. The zero-order chi connectivity index (χ0) is 29.5. The van der Waals surface area contributed by atoms with E-state index >= 15 is 0 Å². The first-order valence-electron chi connectivity index (χ1n) is 13.4. The molecular formula is C32H31FN4O5. The Bertz CT molecular complexity index is 1540. The monoisotopic (exact) mass is 570 g/mol. The molecule has 1 aliphatic rings. The molecule has 216 valence electrons. The fourth-order valence-electron chi connectivity index (χ4n) is 4.53. The van der Waals surface area contributed by atoms with Gasteiger partial charge in [-0.15, -0.1) is 0 Å². The summed E-state index contributed by atoms with van der Waals surface area (Å²) in [4.78, 5) is 29.1. The van der Waals surface area contributed by atoms with E-state index in [1.165, 1.54) is 24.3 Å². The Morgan fingerprint density at radius 2 is 1.36 bits per heavy atom. The van der Waals surface area contributed by atoms with Gasteiger partial charge < -0.3 is 34.6 Å². The van der Waals surface area contributed by atoms with Crippen LogP contribution in [0.3, 0.4) is 0 Å². The molecule has 1 aliphatic heterocycles. The van der Waals surface area contributed by atoms with E-state index in [1.807, 2.05) is 24.3 Å². The highest BCUT2D eigenvalue weighted by Crippen LogP contribution is 2.33. The number of hydrogen-bond donors (Lipinski definition) is 2. The second-order valence-electron chi connectivity index (χ2n) is 9.56. The van der Waals surface area contributed by atoms with Gasteiger partial charge in [-0.1, -0.05) is 6.07 Å². The summed E-state index contributed by atoms with van der Waals surface area (Å²) < 4.78 is 30.7. The molecule has 0 bridgehead atoms. The molecule has 2 N–H and O–H groups in total. The summed E-state index contributed by atoms with van der Waals surface area (Å²) in [6.45, 7) is 2.43. The Kier molecular flexibility index (Phi) is 8.72. The molecule has 0 spiro atoms. The first-order chi connectivity index (χ1) is 20.4. The van der Waals surface area contributed by atoms with Crippen molar-refractivity contribution in [2.24, 2.45) is 0 Å². The zero-order valence-corrected chi connectivity index (χ0v) is 23.3. The van der Waals surface area contributed by atoms with Crippen LogP contribution in [0.2, 0.25) is 0 Å². The number of nitrogens with one attached hydrogen (secondary N) is 2. The number of ether oxygens (including phenoxy) is 3. The van der Waals surface area contributed by atoms with Gasteiger partial charge >= 0.3 is 6.03 Å². The van der Waals surface area contributed by atoms with Crippen molar-refractivity contribution in [2.75, 3.05) is 50.6 Å². The Labute approximate surface area is 243 Å². The number of anilines is 2. The number of carbonyl (C=O) groups excluding carboxylic acids is 2. The summed E-state index contributed by atoms with van der Waals surface area (Å²) in [6.07, 6.45) is 0. The number of methoxy groups -OCH3 is 1. The third-order valence-corrected chi connectivity index (χ3v) is 6.75. The van der Waals surface area contributed by atoms with Gasteiger partial charge in [0.1, 0.15) is 34.6 Å². The second-order valence-corrected chi connectivity index (χ2v) is 9.56. The molecule has 3 amide bonds. The smallest absolute Gasteiger partial charge is 0.321 e. The Morgan fingerprint density at radius 1 is 0.738 bits per heavy atom. The maximum Gasteiger partial charge on any atom is 0.321 e. The van der Waals surface area contributed by atoms with Gasteiger partial charge in [0, 0.05) is 74.4 Å². The summed E-state index contributed by atoms with van der Waals surface area (Å²) in [6, 6.07) is 24.9. The lowest BCUT2D eigenvalue weighted by molar-refractivity contribution is 0.0963. The highest BCUT2D eigenvalue weighted by Gasteiger charge is 2.22. The second kappa shape index (κ2) is 12.9. The Hall–Kier alpha value is -5.25. The summed E-state index contributed by atoms with van der Waals surface area (Å²) in [5, 5.41) is 5.53. The SMILES string of the molecule is CNC(=O)c1ccc(Oc2cc(NC(=O)N3CCN(c4cccc(OC)c4)CC3)cc(Oc3ccc(F)cc3)c2)cc1. The topological polar surface area (TPSA) is 92.4 Å². The first-order valence-corrected chi connectivity index (χ1v) is 13.4. The molecule has 1 fully saturated rings. The summed E-state index contributed by atoms with van der Waals surface area (Å²) in [7, 11) is 3.20. The average Bonchev–Trinajstić information content (AvgIpc) is 3.02. The molecule has 0 atom stereocenters. The minimum atomic E-state index is -0.376. The number of urea groups is 1. The summed E-state index contributed by atoms with van der Waals surface area (Å²) in [5.74, 6) is 1.92. The molecular weight excluding hydrogens is 539 g/mol. The van der Waals surface area contributed by atoms with Crippen LogP contribution in [0.4, 0.5) is 20.6 Å². The minimum absolute atomic E-state index is 0.203. The molecule has 10 heteroatoms. The van der Waals surface area contributed by atoms with Gasteiger partial charge in [0.05, 0.1) is 7.11 Å². The van der Waals surface area contributed by atoms with E-state index < -0.39 is 0 Å². The molecule has 9 nitrogen and oxygen atoms in total. The Balaban J connectivity index is 1.30. The fourth-order valence-corrected chi connectivity index (χ4v) is 4.53. The Morgan fingerprint density at radius 3 is 1.95 bits per heavy atom. The number of amides is 3. The zero-order valence-electron chi connectivity index (χ0n) is 23.3. The molecule has 5 rings (SSSR count). The van der Waals surface area contributed by atoms with Crippen LogP contribution in [0.25, 0.3) is 0 Å². The predicted molar refractivity (Wildman–Crippen MR) is 159 cm³/mol. The van der Waals surface area contributed by atoms with E-state index in [2.05, 4.69) is 15.5 Å². The van der Waals surface area contributed by atoms with Crippen molar-refractivity contribution in [1.29, 1.82) is 0 Å². The van der Waals surface area contributed by atoms with Crippen molar-refractivity contribution in [3.8, 4) is 28.7 Å². The van der Waals surface area contributed by atoms with Crippen molar-refractivity contribution >= 4 is 23.3 Å². The third-order valence-electron chi connectivity index (χ3n) is 6.75. The van der Waals surface area contributed by atoms with E-state index in [0.717, 1.165) is 11.4 Å². The molecule has 1 heterocycles. The number of rotatable bonds is 8. The predicted octanol–water partition coefficient (Wildman–Crippen LogP) is 6.13. The molecule has 42 heavy (non-hydrogen) atoms. The lowest BCUT2D eigenvalue weighted by Crippen LogP contribution is -2.50. The van der Waals surface area contributed by atoms with Gasteiger partial charge in [0.15, 0.2) is 0 Å². The van der Waals surface area contributed by atoms with E-state index in [4.69, 9.17) is 14.2 Å². The van der Waals surface area contributed by atoms with E-state index in [9.17, 15) is 14.0 Å². The molecule has 0 saturated carbocycles. The molecule has 1 saturated heterocycles. The molecule has 0 unspecified atom stereocenters. The van der Waals surface area contributed by atoms with Crippen LogP contribution in [0.1, 0.15) is 10.4 Å². The standard InChI is InChI=1S/C32H31FN4O5/c1-34-31(38)22-6-10-26(11-7-22)41-29-18-24(19-30(21-29)42-27-12-8-23(33)9-13-27)35-32(39)37-16-14-36(15-17-37)25-4-3-5-28(20-25)40-2/h3-13,18-21H,14-17H2,1-2H3,(H,34,38)(H,35,39). The number of nitrogens with zero attached hydrogens (tertiary/aromatic N) is 2.